The Balaban J connectivity index is 2.02. The van der Waals surface area contributed by atoms with Crippen LogP contribution in [0.15, 0.2) is 42.5 Å². The Morgan fingerprint density at radius 2 is 1.84 bits per heavy atom. The van der Waals surface area contributed by atoms with E-state index in [2.05, 4.69) is 10.1 Å². The van der Waals surface area contributed by atoms with Crippen molar-refractivity contribution >= 4 is 11.9 Å². The number of ether oxygens (including phenoxy) is 1. The Morgan fingerprint density at radius 1 is 1.08 bits per heavy atom. The topological polar surface area (TPSA) is 78.9 Å². The van der Waals surface area contributed by atoms with Crippen LogP contribution < -0.4 is 5.32 Å². The Kier molecular flexibility index (Phi) is 6.14. The van der Waals surface area contributed by atoms with E-state index in [4.69, 9.17) is 0 Å². The predicted octanol–water partition coefficient (Wildman–Crippen LogP) is 2.17. The van der Waals surface area contributed by atoms with E-state index in [9.17, 15) is 14.7 Å². The van der Waals surface area contributed by atoms with Gasteiger partial charge in [-0.2, -0.15) is 0 Å². The summed E-state index contributed by atoms with van der Waals surface area (Å²) in [6, 6.07) is 12.0. The molecule has 0 aliphatic heterocycles. The van der Waals surface area contributed by atoms with Crippen LogP contribution in [0.25, 0.3) is 0 Å². The van der Waals surface area contributed by atoms with E-state index in [1.807, 2.05) is 18.2 Å². The summed E-state index contributed by atoms with van der Waals surface area (Å²) in [6.45, 7) is 0.902. The van der Waals surface area contributed by atoms with Gasteiger partial charge in [0.15, 0.2) is 0 Å². The van der Waals surface area contributed by atoms with Crippen LogP contribution in [0.4, 0.5) is 0 Å². The Morgan fingerprint density at radius 3 is 2.52 bits per heavy atom. The zero-order chi connectivity index (χ0) is 18.4. The maximum atomic E-state index is 12.0. The Bertz CT molecular complexity index is 772. The first-order valence-electron chi connectivity index (χ1n) is 7.84. The average Bonchev–Trinajstić information content (AvgIpc) is 2.62. The van der Waals surface area contributed by atoms with Gasteiger partial charge in [-0.15, -0.1) is 0 Å². The zero-order valence-corrected chi connectivity index (χ0v) is 14.6. The monoisotopic (exact) mass is 342 g/mol. The SMILES string of the molecule is COC(=O)c1ccc(O)c(CNCc2cccc(C(=O)N(C)C)c2)c1. The van der Waals surface area contributed by atoms with Gasteiger partial charge < -0.3 is 20.1 Å². The summed E-state index contributed by atoms with van der Waals surface area (Å²) in [5, 5.41) is 13.1. The van der Waals surface area contributed by atoms with Crippen molar-refractivity contribution in [3.63, 3.8) is 0 Å². The smallest absolute Gasteiger partial charge is 0.337 e. The van der Waals surface area contributed by atoms with Gasteiger partial charge >= 0.3 is 5.97 Å². The van der Waals surface area contributed by atoms with E-state index in [0.29, 0.717) is 29.8 Å². The first-order chi connectivity index (χ1) is 11.9. The number of aromatic hydroxyl groups is 1. The summed E-state index contributed by atoms with van der Waals surface area (Å²) < 4.78 is 4.68. The number of benzene rings is 2. The molecule has 1 amide bonds. The van der Waals surface area contributed by atoms with Crippen molar-refractivity contribution in [2.45, 2.75) is 13.1 Å². The van der Waals surface area contributed by atoms with Gasteiger partial charge in [0, 0.05) is 38.3 Å². The first-order valence-corrected chi connectivity index (χ1v) is 7.84. The lowest BCUT2D eigenvalue weighted by Gasteiger charge is -2.12. The summed E-state index contributed by atoms with van der Waals surface area (Å²) in [4.78, 5) is 25.1. The molecule has 0 saturated carbocycles. The van der Waals surface area contributed by atoms with Gasteiger partial charge in [-0.25, -0.2) is 4.79 Å². The highest BCUT2D eigenvalue weighted by molar-refractivity contribution is 5.94. The van der Waals surface area contributed by atoms with Crippen LogP contribution in [0.3, 0.4) is 0 Å². The van der Waals surface area contributed by atoms with Crippen LogP contribution >= 0.6 is 0 Å². The number of phenols is 1. The molecule has 2 rings (SSSR count). The maximum Gasteiger partial charge on any atom is 0.337 e. The molecule has 2 aromatic rings. The van der Waals surface area contributed by atoms with Crippen LogP contribution in [0.2, 0.25) is 0 Å². The molecule has 0 aliphatic rings. The second kappa shape index (κ2) is 8.30. The Labute approximate surface area is 147 Å². The highest BCUT2D eigenvalue weighted by atomic mass is 16.5. The van der Waals surface area contributed by atoms with Crippen molar-refractivity contribution in [3.8, 4) is 5.75 Å². The van der Waals surface area contributed by atoms with Crippen molar-refractivity contribution in [1.82, 2.24) is 10.2 Å². The van der Waals surface area contributed by atoms with E-state index in [1.54, 1.807) is 26.2 Å². The molecule has 6 nitrogen and oxygen atoms in total. The first kappa shape index (κ1) is 18.5. The number of carbonyl (C=O) groups excluding carboxylic acids is 2. The molecule has 0 heterocycles. The third kappa shape index (κ3) is 4.81. The van der Waals surface area contributed by atoms with E-state index >= 15 is 0 Å². The minimum absolute atomic E-state index is 0.0507. The van der Waals surface area contributed by atoms with Crippen molar-refractivity contribution in [3.05, 3.63) is 64.7 Å². The molecule has 0 aromatic heterocycles. The fourth-order valence-corrected chi connectivity index (χ4v) is 2.39. The molecule has 0 saturated heterocycles. The van der Waals surface area contributed by atoms with Crippen LogP contribution in [-0.2, 0) is 17.8 Å². The fraction of sp³-hybridized carbons (Fsp3) is 0.263. The van der Waals surface area contributed by atoms with E-state index in [0.717, 1.165) is 5.56 Å². The van der Waals surface area contributed by atoms with Gasteiger partial charge in [-0.3, -0.25) is 4.79 Å². The Hall–Kier alpha value is -2.86. The minimum atomic E-state index is -0.448. The van der Waals surface area contributed by atoms with Gasteiger partial charge in [0.25, 0.3) is 5.91 Å². The molecule has 0 radical (unpaired) electrons. The van der Waals surface area contributed by atoms with Crippen LogP contribution in [0.1, 0.15) is 31.8 Å². The van der Waals surface area contributed by atoms with Crippen LogP contribution in [-0.4, -0.2) is 43.1 Å². The van der Waals surface area contributed by atoms with Crippen molar-refractivity contribution in [2.75, 3.05) is 21.2 Å². The van der Waals surface area contributed by atoms with Gasteiger partial charge in [0.05, 0.1) is 12.7 Å². The second-order valence-electron chi connectivity index (χ2n) is 5.84. The van der Waals surface area contributed by atoms with E-state index in [1.165, 1.54) is 24.1 Å². The van der Waals surface area contributed by atoms with Crippen molar-refractivity contribution in [1.29, 1.82) is 0 Å². The number of nitrogens with zero attached hydrogens (tertiary/aromatic N) is 1. The second-order valence-corrected chi connectivity index (χ2v) is 5.84. The minimum Gasteiger partial charge on any atom is -0.508 e. The number of esters is 1. The lowest BCUT2D eigenvalue weighted by molar-refractivity contribution is 0.0600. The van der Waals surface area contributed by atoms with Gasteiger partial charge in [-0.1, -0.05) is 12.1 Å². The molecule has 2 aromatic carbocycles. The lowest BCUT2D eigenvalue weighted by atomic mass is 10.1. The van der Waals surface area contributed by atoms with Gasteiger partial charge in [0.2, 0.25) is 0 Å². The van der Waals surface area contributed by atoms with Gasteiger partial charge in [0.1, 0.15) is 5.75 Å². The number of phenolic OH excluding ortho intramolecular Hbond substituents is 1. The number of hydrogen-bond donors (Lipinski definition) is 2. The van der Waals surface area contributed by atoms with Crippen molar-refractivity contribution in [2.24, 2.45) is 0 Å². The number of amides is 1. The quantitative estimate of drug-likeness (QED) is 0.787. The number of carbonyl (C=O) groups is 2. The summed E-state index contributed by atoms with van der Waals surface area (Å²) >= 11 is 0. The third-order valence-corrected chi connectivity index (χ3v) is 3.73. The summed E-state index contributed by atoms with van der Waals surface area (Å²) in [5.41, 5.74) is 2.57. The van der Waals surface area contributed by atoms with E-state index < -0.39 is 5.97 Å². The molecule has 0 aliphatic carbocycles. The number of rotatable bonds is 6. The number of nitrogens with one attached hydrogen (secondary N) is 1. The highest BCUT2D eigenvalue weighted by Crippen LogP contribution is 2.19. The molecule has 0 unspecified atom stereocenters. The van der Waals surface area contributed by atoms with Crippen LogP contribution in [0, 0.1) is 0 Å². The molecule has 6 heteroatoms. The standard InChI is InChI=1S/C19H22N2O4/c1-21(2)18(23)14-6-4-5-13(9-14)11-20-12-16-10-15(19(24)25-3)7-8-17(16)22/h4-10,20,22H,11-12H2,1-3H3. The molecule has 0 atom stereocenters. The number of hydrogen-bond acceptors (Lipinski definition) is 5. The molecule has 25 heavy (non-hydrogen) atoms. The van der Waals surface area contributed by atoms with Crippen molar-refractivity contribution < 1.29 is 19.4 Å². The normalized spacial score (nSPS) is 10.4. The predicted molar refractivity (Wildman–Crippen MR) is 94.4 cm³/mol. The summed E-state index contributed by atoms with van der Waals surface area (Å²) in [7, 11) is 4.74. The molecule has 0 bridgehead atoms. The highest BCUT2D eigenvalue weighted by Gasteiger charge is 2.10. The molecular weight excluding hydrogens is 320 g/mol. The third-order valence-electron chi connectivity index (χ3n) is 3.73. The molecule has 0 spiro atoms. The summed E-state index contributed by atoms with van der Waals surface area (Å²) in [5.74, 6) is -0.391. The molecular formula is C19H22N2O4. The average molecular weight is 342 g/mol. The number of methoxy groups -OCH3 is 1. The largest absolute Gasteiger partial charge is 0.508 e. The lowest BCUT2D eigenvalue weighted by Crippen LogP contribution is -2.22. The fourth-order valence-electron chi connectivity index (χ4n) is 2.39. The molecule has 132 valence electrons. The van der Waals surface area contributed by atoms with E-state index in [-0.39, 0.29) is 11.7 Å². The van der Waals surface area contributed by atoms with Gasteiger partial charge in [-0.05, 0) is 35.9 Å². The molecule has 0 fully saturated rings. The maximum absolute atomic E-state index is 12.0. The van der Waals surface area contributed by atoms with Crippen LogP contribution in [0.5, 0.6) is 5.75 Å². The molecule has 2 N–H and O–H groups in total. The summed E-state index contributed by atoms with van der Waals surface area (Å²) in [6.07, 6.45) is 0. The zero-order valence-electron chi connectivity index (χ0n) is 14.6.